The van der Waals surface area contributed by atoms with E-state index in [1.54, 1.807) is 7.05 Å². The van der Waals surface area contributed by atoms with E-state index < -0.39 is 11.6 Å². The Bertz CT molecular complexity index is 393. The van der Waals surface area contributed by atoms with Gasteiger partial charge in [-0.3, -0.25) is 5.43 Å². The predicted octanol–water partition coefficient (Wildman–Crippen LogP) is 1.39. The largest absolute Gasteiger partial charge is 0.364 e. The molecule has 0 atom stereocenters. The van der Waals surface area contributed by atoms with Crippen LogP contribution in [0.15, 0.2) is 23.3 Å². The van der Waals surface area contributed by atoms with Crippen molar-refractivity contribution in [2.45, 2.75) is 0 Å². The molecule has 0 saturated heterocycles. The average Bonchev–Trinajstić information content (AvgIpc) is 2.24. The van der Waals surface area contributed by atoms with Gasteiger partial charge >= 0.3 is 0 Å². The molecule has 1 aromatic rings. The Morgan fingerprint density at radius 3 is 2.87 bits per heavy atom. The minimum Gasteiger partial charge on any atom is -0.364 e. The Morgan fingerprint density at radius 2 is 2.20 bits per heavy atom. The molecule has 0 saturated carbocycles. The maximum atomic E-state index is 13.1. The number of hydrogen-bond donors (Lipinski definition) is 2. The first-order chi connectivity index (χ1) is 7.15. The lowest BCUT2D eigenvalue weighted by atomic mass is 10.2. The van der Waals surface area contributed by atoms with Crippen molar-refractivity contribution < 1.29 is 8.78 Å². The van der Waals surface area contributed by atoms with Crippen LogP contribution in [-0.4, -0.2) is 18.4 Å². The van der Waals surface area contributed by atoms with Crippen molar-refractivity contribution in [3.8, 4) is 0 Å². The average molecular weight is 229 g/mol. The fourth-order valence-corrected chi connectivity index (χ4v) is 0.889. The van der Waals surface area contributed by atoms with Crippen molar-refractivity contribution in [3.05, 3.63) is 35.4 Å². The molecule has 0 aromatic heterocycles. The molecule has 0 spiro atoms. The molecule has 0 aliphatic heterocycles. The lowest BCUT2D eigenvalue weighted by Gasteiger charge is -2.00. The van der Waals surface area contributed by atoms with Crippen LogP contribution >= 0.6 is 12.2 Å². The molecule has 1 aromatic carbocycles. The number of thiocarbonyl (C=S) groups is 1. The molecular weight excluding hydrogens is 220 g/mol. The topological polar surface area (TPSA) is 36.4 Å². The highest BCUT2D eigenvalue weighted by atomic mass is 32.1. The summed E-state index contributed by atoms with van der Waals surface area (Å²) in [6.07, 6.45) is 1.15. The smallest absolute Gasteiger partial charge is 0.186 e. The van der Waals surface area contributed by atoms with Crippen molar-refractivity contribution in [2.75, 3.05) is 7.05 Å². The summed E-state index contributed by atoms with van der Waals surface area (Å²) in [7, 11) is 1.62. The van der Waals surface area contributed by atoms with Crippen LogP contribution in [0.4, 0.5) is 8.78 Å². The number of benzene rings is 1. The summed E-state index contributed by atoms with van der Waals surface area (Å²) >= 11 is 4.73. The Labute approximate surface area is 91.2 Å². The summed E-state index contributed by atoms with van der Waals surface area (Å²) in [6, 6.07) is 3.85. The van der Waals surface area contributed by atoms with Gasteiger partial charge in [0.15, 0.2) is 16.7 Å². The Balaban J connectivity index is 2.72. The molecule has 0 fully saturated rings. The van der Waals surface area contributed by atoms with Gasteiger partial charge in [0.2, 0.25) is 0 Å². The van der Waals surface area contributed by atoms with Crippen LogP contribution in [0.25, 0.3) is 0 Å². The molecule has 80 valence electrons. The molecule has 0 heterocycles. The van der Waals surface area contributed by atoms with Crippen molar-refractivity contribution in [3.63, 3.8) is 0 Å². The molecular formula is C9H9F2N3S. The number of hydrazone groups is 1. The zero-order valence-electron chi connectivity index (χ0n) is 7.92. The molecule has 0 amide bonds. The molecule has 6 heteroatoms. The van der Waals surface area contributed by atoms with Gasteiger partial charge in [0.1, 0.15) is 0 Å². The van der Waals surface area contributed by atoms with Gasteiger partial charge in [0.25, 0.3) is 0 Å². The van der Waals surface area contributed by atoms with E-state index in [0.717, 1.165) is 12.3 Å². The molecule has 15 heavy (non-hydrogen) atoms. The van der Waals surface area contributed by atoms with E-state index in [1.165, 1.54) is 12.1 Å². The van der Waals surface area contributed by atoms with Crippen molar-refractivity contribution in [1.29, 1.82) is 0 Å². The molecule has 0 aliphatic rings. The van der Waals surface area contributed by atoms with E-state index in [1.807, 2.05) is 0 Å². The van der Waals surface area contributed by atoms with Crippen molar-refractivity contribution >= 4 is 23.5 Å². The van der Waals surface area contributed by atoms with Gasteiger partial charge < -0.3 is 5.32 Å². The first-order valence-corrected chi connectivity index (χ1v) is 4.50. The number of hydrogen-bond acceptors (Lipinski definition) is 2. The third kappa shape index (κ3) is 3.25. The molecule has 2 N–H and O–H groups in total. The van der Waals surface area contributed by atoms with Gasteiger partial charge in [0.05, 0.1) is 6.21 Å². The standard InChI is InChI=1S/C9H9F2N3S/c1-12-9(15)14-13-5-6-3-2-4-7(10)8(6)11/h2-5H,1H3,(H2,12,14,15). The predicted molar refractivity (Wildman–Crippen MR) is 58.7 cm³/mol. The molecule has 0 unspecified atom stereocenters. The third-order valence-corrected chi connectivity index (χ3v) is 1.87. The van der Waals surface area contributed by atoms with E-state index in [-0.39, 0.29) is 5.56 Å². The van der Waals surface area contributed by atoms with Crippen LogP contribution < -0.4 is 10.7 Å². The van der Waals surface area contributed by atoms with Crippen LogP contribution in [0.2, 0.25) is 0 Å². The fourth-order valence-electron chi connectivity index (χ4n) is 0.837. The van der Waals surface area contributed by atoms with Crippen LogP contribution in [0.3, 0.4) is 0 Å². The summed E-state index contributed by atoms with van der Waals surface area (Å²) in [6.45, 7) is 0. The fraction of sp³-hybridized carbons (Fsp3) is 0.111. The third-order valence-electron chi connectivity index (χ3n) is 1.58. The van der Waals surface area contributed by atoms with Gasteiger partial charge in [0, 0.05) is 12.6 Å². The summed E-state index contributed by atoms with van der Waals surface area (Å²) in [5.74, 6) is -1.84. The number of halogens is 2. The molecule has 0 aliphatic carbocycles. The Morgan fingerprint density at radius 1 is 1.47 bits per heavy atom. The minimum absolute atomic E-state index is 0.0569. The number of rotatable bonds is 2. The first-order valence-electron chi connectivity index (χ1n) is 4.10. The zero-order chi connectivity index (χ0) is 11.3. The maximum absolute atomic E-state index is 13.1. The lowest BCUT2D eigenvalue weighted by molar-refractivity contribution is 0.507. The molecule has 3 nitrogen and oxygen atoms in total. The van der Waals surface area contributed by atoms with Crippen molar-refractivity contribution in [1.82, 2.24) is 10.7 Å². The van der Waals surface area contributed by atoms with E-state index in [9.17, 15) is 8.78 Å². The second-order valence-corrected chi connectivity index (χ2v) is 3.00. The van der Waals surface area contributed by atoms with Gasteiger partial charge in [-0.15, -0.1) is 0 Å². The van der Waals surface area contributed by atoms with Gasteiger partial charge in [-0.1, -0.05) is 12.1 Å². The zero-order valence-corrected chi connectivity index (χ0v) is 8.74. The Kier molecular flexibility index (Phi) is 4.11. The summed E-state index contributed by atoms with van der Waals surface area (Å²) in [4.78, 5) is 0. The van der Waals surface area contributed by atoms with Crippen LogP contribution in [0.1, 0.15) is 5.56 Å². The van der Waals surface area contributed by atoms with Crippen LogP contribution in [0.5, 0.6) is 0 Å². The van der Waals surface area contributed by atoms with Gasteiger partial charge in [-0.05, 0) is 18.3 Å². The summed E-state index contributed by atoms with van der Waals surface area (Å²) < 4.78 is 25.8. The van der Waals surface area contributed by atoms with Gasteiger partial charge in [-0.2, -0.15) is 5.10 Å². The first kappa shape index (κ1) is 11.5. The molecule has 0 bridgehead atoms. The van der Waals surface area contributed by atoms with Gasteiger partial charge in [-0.25, -0.2) is 8.78 Å². The van der Waals surface area contributed by atoms with E-state index in [0.29, 0.717) is 5.11 Å². The van der Waals surface area contributed by atoms with E-state index in [4.69, 9.17) is 12.2 Å². The van der Waals surface area contributed by atoms with Crippen LogP contribution in [-0.2, 0) is 0 Å². The summed E-state index contributed by atoms with van der Waals surface area (Å²) in [5.41, 5.74) is 2.48. The molecule has 1 rings (SSSR count). The van der Waals surface area contributed by atoms with E-state index >= 15 is 0 Å². The second-order valence-electron chi connectivity index (χ2n) is 2.59. The SMILES string of the molecule is CNC(=S)NN=Cc1cccc(F)c1F. The van der Waals surface area contributed by atoms with E-state index in [2.05, 4.69) is 15.8 Å². The quantitative estimate of drug-likeness (QED) is 0.457. The number of nitrogens with zero attached hydrogens (tertiary/aromatic N) is 1. The highest BCUT2D eigenvalue weighted by Gasteiger charge is 2.04. The molecule has 0 radical (unpaired) electrons. The maximum Gasteiger partial charge on any atom is 0.186 e. The highest BCUT2D eigenvalue weighted by molar-refractivity contribution is 7.80. The Hall–Kier alpha value is -1.56. The van der Waals surface area contributed by atoms with Crippen LogP contribution in [0, 0.1) is 11.6 Å². The normalized spacial score (nSPS) is 10.3. The van der Waals surface area contributed by atoms with Crippen molar-refractivity contribution in [2.24, 2.45) is 5.10 Å². The lowest BCUT2D eigenvalue weighted by Crippen LogP contribution is -2.28. The monoisotopic (exact) mass is 229 g/mol. The highest BCUT2D eigenvalue weighted by Crippen LogP contribution is 2.08. The summed E-state index contributed by atoms with van der Waals surface area (Å²) in [5, 5.41) is 6.54. The number of nitrogens with one attached hydrogen (secondary N) is 2. The second kappa shape index (κ2) is 5.35. The minimum atomic E-state index is -0.932.